The minimum Gasteiger partial charge on any atom is -0.493 e. The Balaban J connectivity index is 2.72. The Labute approximate surface area is 154 Å². The molecule has 1 aromatic carbocycles. The number of aliphatic hydroxyl groups is 1. The topological polar surface area (TPSA) is 90.0 Å². The minimum absolute atomic E-state index is 0.220. The summed E-state index contributed by atoms with van der Waals surface area (Å²) in [5.74, 6) is 0.824. The van der Waals surface area contributed by atoms with Gasteiger partial charge in [0.1, 0.15) is 5.69 Å². The first-order valence-electron chi connectivity index (χ1n) is 7.51. The molecule has 2 aromatic rings. The average molecular weight is 414 g/mol. The van der Waals surface area contributed by atoms with Crippen LogP contribution in [0.5, 0.6) is 17.2 Å². The smallest absolute Gasteiger partial charge is 0.355 e. The molecule has 0 aliphatic rings. The van der Waals surface area contributed by atoms with Gasteiger partial charge >= 0.3 is 5.97 Å². The summed E-state index contributed by atoms with van der Waals surface area (Å²) >= 11 is 3.42. The number of halogens is 1. The summed E-state index contributed by atoms with van der Waals surface area (Å²) in [5, 5.41) is 9.72. The number of H-pyrrole nitrogens is 1. The van der Waals surface area contributed by atoms with Gasteiger partial charge in [0.05, 0.1) is 44.7 Å². The molecule has 136 valence electrons. The summed E-state index contributed by atoms with van der Waals surface area (Å²) < 4.78 is 21.7. The van der Waals surface area contributed by atoms with E-state index in [2.05, 4.69) is 20.9 Å². The number of ether oxygens (including phenoxy) is 4. The van der Waals surface area contributed by atoms with Crippen LogP contribution in [0.25, 0.3) is 11.1 Å². The summed E-state index contributed by atoms with van der Waals surface area (Å²) in [7, 11) is 4.54. The van der Waals surface area contributed by atoms with Crippen LogP contribution in [0.2, 0.25) is 0 Å². The fourth-order valence-corrected chi connectivity index (χ4v) is 3.28. The lowest BCUT2D eigenvalue weighted by Crippen LogP contribution is -2.05. The molecule has 2 rings (SSSR count). The minimum atomic E-state index is -0.519. The van der Waals surface area contributed by atoms with Crippen molar-refractivity contribution in [2.45, 2.75) is 13.5 Å². The van der Waals surface area contributed by atoms with Crippen molar-refractivity contribution < 1.29 is 28.8 Å². The molecule has 0 fully saturated rings. The zero-order valence-electron chi connectivity index (χ0n) is 14.4. The van der Waals surface area contributed by atoms with Crippen LogP contribution in [-0.2, 0) is 11.3 Å². The van der Waals surface area contributed by atoms with Gasteiger partial charge in [-0.1, -0.05) is 0 Å². The number of aromatic amines is 1. The summed E-state index contributed by atoms with van der Waals surface area (Å²) in [4.78, 5) is 15.0. The third-order valence-corrected chi connectivity index (χ3v) is 4.42. The molecule has 2 N–H and O–H groups in total. The van der Waals surface area contributed by atoms with E-state index < -0.39 is 5.97 Å². The van der Waals surface area contributed by atoms with E-state index in [1.165, 1.54) is 21.3 Å². The number of aromatic nitrogens is 1. The Hall–Kier alpha value is -2.19. The highest BCUT2D eigenvalue weighted by Gasteiger charge is 2.26. The molecule has 0 saturated heterocycles. The quantitative estimate of drug-likeness (QED) is 0.677. The lowest BCUT2D eigenvalue weighted by molar-refractivity contribution is 0.0519. The van der Waals surface area contributed by atoms with Crippen molar-refractivity contribution in [3.8, 4) is 28.4 Å². The van der Waals surface area contributed by atoms with E-state index in [0.717, 1.165) is 0 Å². The van der Waals surface area contributed by atoms with Crippen LogP contribution < -0.4 is 14.2 Å². The first-order chi connectivity index (χ1) is 12.0. The summed E-state index contributed by atoms with van der Waals surface area (Å²) in [6.07, 6.45) is 0. The monoisotopic (exact) mass is 413 g/mol. The first kappa shape index (κ1) is 19.1. The molecule has 0 aliphatic heterocycles. The van der Waals surface area contributed by atoms with Crippen molar-refractivity contribution in [3.05, 3.63) is 28.0 Å². The maximum Gasteiger partial charge on any atom is 0.355 e. The highest BCUT2D eigenvalue weighted by Crippen LogP contribution is 2.47. The molecule has 0 radical (unpaired) electrons. The van der Waals surface area contributed by atoms with E-state index in [0.29, 0.717) is 38.5 Å². The van der Waals surface area contributed by atoms with Gasteiger partial charge in [0, 0.05) is 11.1 Å². The van der Waals surface area contributed by atoms with E-state index in [1.54, 1.807) is 19.1 Å². The van der Waals surface area contributed by atoms with Crippen molar-refractivity contribution in [1.82, 2.24) is 4.98 Å². The Morgan fingerprint density at radius 3 is 2.36 bits per heavy atom. The average Bonchev–Trinajstić information content (AvgIpc) is 2.96. The number of rotatable bonds is 7. The van der Waals surface area contributed by atoms with Gasteiger partial charge in [-0.25, -0.2) is 4.79 Å². The standard InChI is InChI=1S/C17H20BrNO6/c1-5-25-17(21)14-13(18)12(10(8-20)19-14)9-6-7-11(22-2)16(24-4)15(9)23-3/h6-7,19-20H,5,8H2,1-4H3. The number of carbonyl (C=O) groups excluding carboxylic acids is 1. The van der Waals surface area contributed by atoms with Crippen molar-refractivity contribution in [2.24, 2.45) is 0 Å². The van der Waals surface area contributed by atoms with Gasteiger partial charge in [0.25, 0.3) is 0 Å². The number of methoxy groups -OCH3 is 3. The third-order valence-electron chi connectivity index (χ3n) is 3.63. The maximum atomic E-state index is 12.1. The lowest BCUT2D eigenvalue weighted by Gasteiger charge is -2.16. The predicted octanol–water partition coefficient (Wildman–Crippen LogP) is 3.14. The van der Waals surface area contributed by atoms with E-state index in [4.69, 9.17) is 18.9 Å². The van der Waals surface area contributed by atoms with Crippen LogP contribution in [0.1, 0.15) is 23.1 Å². The number of nitrogens with one attached hydrogen (secondary N) is 1. The second-order valence-corrected chi connectivity index (χ2v) is 5.72. The molecule has 1 aromatic heterocycles. The highest BCUT2D eigenvalue weighted by molar-refractivity contribution is 9.10. The third kappa shape index (κ3) is 3.45. The van der Waals surface area contributed by atoms with Gasteiger partial charge in [-0.3, -0.25) is 0 Å². The molecule has 0 saturated carbocycles. The molecule has 1 heterocycles. The molecule has 0 amide bonds. The number of carbonyl (C=O) groups is 1. The number of aliphatic hydroxyl groups excluding tert-OH is 1. The van der Waals surface area contributed by atoms with E-state index >= 15 is 0 Å². The first-order valence-corrected chi connectivity index (χ1v) is 8.30. The van der Waals surface area contributed by atoms with E-state index in [1.807, 2.05) is 0 Å². The Kier molecular flexibility index (Phi) is 6.33. The number of hydrogen-bond donors (Lipinski definition) is 2. The van der Waals surface area contributed by atoms with Crippen molar-refractivity contribution in [3.63, 3.8) is 0 Å². The van der Waals surface area contributed by atoms with Crippen LogP contribution in [0.15, 0.2) is 16.6 Å². The number of esters is 1. The summed E-state index contributed by atoms with van der Waals surface area (Å²) in [6.45, 7) is 1.67. The Bertz CT molecular complexity index is 771. The second kappa shape index (κ2) is 8.26. The molecule has 0 atom stereocenters. The SMILES string of the molecule is CCOC(=O)c1[nH]c(CO)c(-c2ccc(OC)c(OC)c2OC)c1Br. The molecule has 25 heavy (non-hydrogen) atoms. The van der Waals surface area contributed by atoms with Gasteiger partial charge in [-0.05, 0) is 35.0 Å². The number of hydrogen-bond acceptors (Lipinski definition) is 6. The van der Waals surface area contributed by atoms with Gasteiger partial charge < -0.3 is 29.0 Å². The summed E-state index contributed by atoms with van der Waals surface area (Å²) in [6, 6.07) is 3.49. The lowest BCUT2D eigenvalue weighted by atomic mass is 10.0. The van der Waals surface area contributed by atoms with Gasteiger partial charge in [-0.15, -0.1) is 0 Å². The van der Waals surface area contributed by atoms with Gasteiger partial charge in [-0.2, -0.15) is 0 Å². The van der Waals surface area contributed by atoms with Crippen molar-refractivity contribution in [1.29, 1.82) is 0 Å². The molecule has 7 nitrogen and oxygen atoms in total. The molecule has 0 aliphatic carbocycles. The van der Waals surface area contributed by atoms with Gasteiger partial charge in [0.15, 0.2) is 11.5 Å². The molecular weight excluding hydrogens is 394 g/mol. The zero-order valence-corrected chi connectivity index (χ0v) is 16.0. The molecule has 8 heteroatoms. The second-order valence-electron chi connectivity index (χ2n) is 4.93. The van der Waals surface area contributed by atoms with Crippen LogP contribution in [0, 0.1) is 0 Å². The van der Waals surface area contributed by atoms with Crippen LogP contribution in [0.4, 0.5) is 0 Å². The van der Waals surface area contributed by atoms with Crippen LogP contribution in [0.3, 0.4) is 0 Å². The normalized spacial score (nSPS) is 10.5. The maximum absolute atomic E-state index is 12.1. The molecular formula is C17H20BrNO6. The van der Waals surface area contributed by atoms with E-state index in [9.17, 15) is 9.90 Å². The largest absolute Gasteiger partial charge is 0.493 e. The van der Waals surface area contributed by atoms with Crippen LogP contribution >= 0.6 is 15.9 Å². The predicted molar refractivity (Wildman–Crippen MR) is 95.5 cm³/mol. The number of benzene rings is 1. The molecule has 0 spiro atoms. The fourth-order valence-electron chi connectivity index (χ4n) is 2.57. The Morgan fingerprint density at radius 2 is 1.84 bits per heavy atom. The Morgan fingerprint density at radius 1 is 1.16 bits per heavy atom. The fraction of sp³-hybridized carbons (Fsp3) is 0.353. The summed E-state index contributed by atoms with van der Waals surface area (Å²) in [5.41, 5.74) is 1.88. The van der Waals surface area contributed by atoms with Crippen molar-refractivity contribution >= 4 is 21.9 Å². The van der Waals surface area contributed by atoms with Gasteiger partial charge in [0.2, 0.25) is 5.75 Å². The highest BCUT2D eigenvalue weighted by atomic mass is 79.9. The molecule has 0 unspecified atom stereocenters. The van der Waals surface area contributed by atoms with Crippen LogP contribution in [-0.4, -0.2) is 44.0 Å². The zero-order chi connectivity index (χ0) is 18.6. The molecule has 0 bridgehead atoms. The van der Waals surface area contributed by atoms with Crippen molar-refractivity contribution in [2.75, 3.05) is 27.9 Å². The van der Waals surface area contributed by atoms with E-state index in [-0.39, 0.29) is 18.9 Å².